The Kier molecular flexibility index (Phi) is 4.81. The van der Waals surface area contributed by atoms with Gasteiger partial charge in [-0.15, -0.1) is 0 Å². The summed E-state index contributed by atoms with van der Waals surface area (Å²) < 4.78 is 51.0. The minimum Gasteiger partial charge on any atom is -0.289 e. The molecule has 0 amide bonds. The van der Waals surface area contributed by atoms with Crippen molar-refractivity contribution in [2.75, 3.05) is 0 Å². The van der Waals surface area contributed by atoms with E-state index in [2.05, 4.69) is 15.9 Å². The van der Waals surface area contributed by atoms with Crippen molar-refractivity contribution in [3.63, 3.8) is 0 Å². The first kappa shape index (κ1) is 16.4. The first-order valence-corrected chi connectivity index (χ1v) is 6.91. The van der Waals surface area contributed by atoms with Crippen LogP contribution < -0.4 is 0 Å². The molecule has 1 nitrogen and oxygen atoms in total. The predicted octanol–water partition coefficient (Wildman–Crippen LogP) is 5.50. The number of hydrogen-bond acceptors (Lipinski definition) is 1. The molecule has 0 bridgehead atoms. The van der Waals surface area contributed by atoms with Crippen molar-refractivity contribution in [2.24, 2.45) is 0 Å². The lowest BCUT2D eigenvalue weighted by Gasteiger charge is -2.06. The van der Waals surface area contributed by atoms with Crippen molar-refractivity contribution < 1.29 is 22.4 Å². The maximum Gasteiger partial charge on any atom is 0.416 e. The molecule has 22 heavy (non-hydrogen) atoms. The Morgan fingerprint density at radius 1 is 1.09 bits per heavy atom. The van der Waals surface area contributed by atoms with E-state index in [-0.39, 0.29) is 15.6 Å². The topological polar surface area (TPSA) is 17.1 Å². The molecular weight excluding hydrogens is 364 g/mol. The largest absolute Gasteiger partial charge is 0.416 e. The Morgan fingerprint density at radius 3 is 2.45 bits per heavy atom. The lowest BCUT2D eigenvalue weighted by atomic mass is 10.1. The van der Waals surface area contributed by atoms with Gasteiger partial charge in [-0.2, -0.15) is 13.2 Å². The summed E-state index contributed by atoms with van der Waals surface area (Å²) in [5.41, 5.74) is -0.299. The summed E-state index contributed by atoms with van der Waals surface area (Å²) in [6, 6.07) is 8.38. The fraction of sp³-hybridized carbons (Fsp3) is 0.0625. The smallest absolute Gasteiger partial charge is 0.289 e. The Bertz CT molecular complexity index is 735. The van der Waals surface area contributed by atoms with Crippen molar-refractivity contribution in [3.8, 4) is 0 Å². The molecule has 0 atom stereocenters. The van der Waals surface area contributed by atoms with Gasteiger partial charge in [-0.3, -0.25) is 4.79 Å². The maximum atomic E-state index is 13.1. The second-order valence-corrected chi connectivity index (χ2v) is 5.30. The molecule has 114 valence electrons. The van der Waals surface area contributed by atoms with Crippen LogP contribution in [0.4, 0.5) is 17.6 Å². The molecule has 0 spiro atoms. The van der Waals surface area contributed by atoms with Gasteiger partial charge in [0.2, 0.25) is 0 Å². The van der Waals surface area contributed by atoms with Crippen LogP contribution in [-0.4, -0.2) is 5.78 Å². The van der Waals surface area contributed by atoms with E-state index in [9.17, 15) is 22.4 Å². The van der Waals surface area contributed by atoms with E-state index in [0.717, 1.165) is 24.3 Å². The summed E-state index contributed by atoms with van der Waals surface area (Å²) in [6.07, 6.45) is -2.00. The van der Waals surface area contributed by atoms with Gasteiger partial charge < -0.3 is 0 Å². The summed E-state index contributed by atoms with van der Waals surface area (Å²) in [5.74, 6) is -0.934. The van der Waals surface area contributed by atoms with Crippen LogP contribution in [0.2, 0.25) is 0 Å². The van der Waals surface area contributed by atoms with Crippen LogP contribution in [0.1, 0.15) is 21.5 Å². The minimum atomic E-state index is -4.43. The van der Waals surface area contributed by atoms with E-state index in [1.807, 2.05) is 0 Å². The molecule has 0 aromatic heterocycles. The average molecular weight is 373 g/mol. The molecule has 2 aromatic carbocycles. The molecule has 0 aliphatic heterocycles. The minimum absolute atomic E-state index is 0.144. The third-order valence-corrected chi connectivity index (χ3v) is 3.45. The van der Waals surface area contributed by atoms with Crippen molar-refractivity contribution in [2.45, 2.75) is 6.18 Å². The summed E-state index contributed by atoms with van der Waals surface area (Å²) in [4.78, 5) is 11.9. The molecule has 0 saturated carbocycles. The predicted molar refractivity (Wildman–Crippen MR) is 78.9 cm³/mol. The van der Waals surface area contributed by atoms with Gasteiger partial charge in [-0.1, -0.05) is 18.2 Å². The van der Waals surface area contributed by atoms with E-state index in [1.54, 1.807) is 0 Å². The zero-order valence-corrected chi connectivity index (χ0v) is 12.6. The highest BCUT2D eigenvalue weighted by Gasteiger charge is 2.30. The Morgan fingerprint density at radius 2 is 1.82 bits per heavy atom. The monoisotopic (exact) mass is 372 g/mol. The van der Waals surface area contributed by atoms with Crippen molar-refractivity contribution in [1.29, 1.82) is 0 Å². The van der Waals surface area contributed by atoms with Gasteiger partial charge in [-0.25, -0.2) is 4.39 Å². The molecule has 0 aliphatic carbocycles. The molecule has 0 saturated heterocycles. The van der Waals surface area contributed by atoms with Gasteiger partial charge in [0.15, 0.2) is 5.78 Å². The summed E-state index contributed by atoms with van der Waals surface area (Å²) in [7, 11) is 0. The Balaban J connectivity index is 2.21. The maximum absolute atomic E-state index is 13.1. The van der Waals surface area contributed by atoms with Gasteiger partial charge >= 0.3 is 6.18 Å². The molecule has 0 N–H and O–H groups in total. The highest BCUT2D eigenvalue weighted by molar-refractivity contribution is 9.10. The van der Waals surface area contributed by atoms with Crippen LogP contribution in [0.15, 0.2) is 53.0 Å². The van der Waals surface area contributed by atoms with E-state index in [0.29, 0.717) is 0 Å². The van der Waals surface area contributed by atoms with Crippen molar-refractivity contribution >= 4 is 27.8 Å². The molecule has 2 aromatic rings. The fourth-order valence-electron chi connectivity index (χ4n) is 1.74. The summed E-state index contributed by atoms with van der Waals surface area (Å²) >= 11 is 2.97. The summed E-state index contributed by atoms with van der Waals surface area (Å²) in [5, 5.41) is 0. The van der Waals surface area contributed by atoms with Crippen LogP contribution in [0.25, 0.3) is 6.08 Å². The second-order valence-electron chi connectivity index (χ2n) is 4.45. The SMILES string of the molecule is O=C(C=Cc1cccc(C(F)(F)F)c1)c1ccc(F)c(Br)c1. The number of halogens is 5. The average Bonchev–Trinajstić information content (AvgIpc) is 2.47. The van der Waals surface area contributed by atoms with E-state index < -0.39 is 23.3 Å². The number of rotatable bonds is 3. The third-order valence-electron chi connectivity index (χ3n) is 2.85. The van der Waals surface area contributed by atoms with E-state index >= 15 is 0 Å². The Hall–Kier alpha value is -1.95. The fourth-order valence-corrected chi connectivity index (χ4v) is 2.11. The standard InChI is InChI=1S/C16H9BrF4O/c17-13-9-11(5-6-14(13)18)15(22)7-4-10-2-1-3-12(8-10)16(19,20)21/h1-9H. The zero-order chi connectivity index (χ0) is 16.3. The number of benzene rings is 2. The number of alkyl halides is 3. The van der Waals surface area contributed by atoms with E-state index in [4.69, 9.17) is 0 Å². The number of carbonyl (C=O) groups is 1. The van der Waals surface area contributed by atoms with Crippen LogP contribution in [0.3, 0.4) is 0 Å². The van der Waals surface area contributed by atoms with Crippen LogP contribution >= 0.6 is 15.9 Å². The first-order valence-electron chi connectivity index (χ1n) is 6.12. The van der Waals surface area contributed by atoms with Crippen molar-refractivity contribution in [3.05, 3.63) is 75.5 Å². The van der Waals surface area contributed by atoms with Gasteiger partial charge in [0.05, 0.1) is 10.0 Å². The van der Waals surface area contributed by atoms with E-state index in [1.165, 1.54) is 30.3 Å². The third kappa shape index (κ3) is 4.04. The lowest BCUT2D eigenvalue weighted by molar-refractivity contribution is -0.137. The number of hydrogen-bond donors (Lipinski definition) is 0. The highest BCUT2D eigenvalue weighted by Crippen LogP contribution is 2.29. The molecule has 0 fully saturated rings. The number of ketones is 1. The second kappa shape index (κ2) is 6.44. The van der Waals surface area contributed by atoms with Crippen LogP contribution in [-0.2, 0) is 6.18 Å². The molecule has 2 rings (SSSR count). The van der Waals surface area contributed by atoms with Gasteiger partial charge in [0.25, 0.3) is 0 Å². The lowest BCUT2D eigenvalue weighted by Crippen LogP contribution is -2.04. The first-order chi connectivity index (χ1) is 10.3. The van der Waals surface area contributed by atoms with Gasteiger partial charge in [-0.05, 0) is 57.9 Å². The highest BCUT2D eigenvalue weighted by atomic mass is 79.9. The van der Waals surface area contributed by atoms with Crippen molar-refractivity contribution in [1.82, 2.24) is 0 Å². The zero-order valence-electron chi connectivity index (χ0n) is 11.0. The number of allylic oxidation sites excluding steroid dienone is 1. The molecule has 0 aliphatic rings. The van der Waals surface area contributed by atoms with Crippen LogP contribution in [0.5, 0.6) is 0 Å². The summed E-state index contributed by atoms with van der Waals surface area (Å²) in [6.45, 7) is 0. The van der Waals surface area contributed by atoms with Gasteiger partial charge in [0, 0.05) is 5.56 Å². The molecule has 0 unspecified atom stereocenters. The van der Waals surface area contributed by atoms with Crippen LogP contribution in [0, 0.1) is 5.82 Å². The number of carbonyl (C=O) groups excluding carboxylic acids is 1. The van der Waals surface area contributed by atoms with Gasteiger partial charge in [0.1, 0.15) is 5.82 Å². The molecule has 0 radical (unpaired) electrons. The quantitative estimate of drug-likeness (QED) is 0.394. The molecule has 0 heterocycles. The molecule has 6 heteroatoms. The Labute approximate surface area is 132 Å². The molecular formula is C16H9BrF4O. The normalized spacial score (nSPS) is 11.9.